The zero-order valence-electron chi connectivity index (χ0n) is 22.4. The van der Waals surface area contributed by atoms with Gasteiger partial charge < -0.3 is 24.5 Å². The molecule has 4 aromatic rings. The first-order chi connectivity index (χ1) is 18.3. The molecule has 10 nitrogen and oxygen atoms in total. The SMILES string of the molecule is C/N=N\C(=C/Cc1cnc2c(c1)ncn2Cc1ccc(OCc2ccc(OC)nc2)c(OC)c1)C(C)(C)N. The molecule has 3 heterocycles. The minimum absolute atomic E-state index is 0.367. The summed E-state index contributed by atoms with van der Waals surface area (Å²) in [6.45, 7) is 4.77. The predicted octanol–water partition coefficient (Wildman–Crippen LogP) is 4.72. The molecule has 0 spiro atoms. The second-order valence-corrected chi connectivity index (χ2v) is 9.36. The molecule has 0 saturated carbocycles. The van der Waals surface area contributed by atoms with Gasteiger partial charge in [-0.3, -0.25) is 0 Å². The highest BCUT2D eigenvalue weighted by atomic mass is 16.5. The highest BCUT2D eigenvalue weighted by Gasteiger charge is 2.17. The standard InChI is InChI=1S/C28H33N7O3/c1-28(2,29)25(34-30-3)10-7-19-12-22-27(32-14-19)35(18-33-22)16-20-6-9-23(24(13-20)36-4)38-17-21-8-11-26(37-5)31-15-21/h6,8-15,18H,7,16-17,29H2,1-5H3/b25-10-,34-30-. The molecule has 0 atom stereocenters. The molecule has 2 N–H and O–H groups in total. The third-order valence-electron chi connectivity index (χ3n) is 5.89. The number of hydrogen-bond donors (Lipinski definition) is 1. The molecular weight excluding hydrogens is 482 g/mol. The Morgan fingerprint density at radius 2 is 1.76 bits per heavy atom. The number of aromatic nitrogens is 4. The van der Waals surface area contributed by atoms with E-state index in [4.69, 9.17) is 19.9 Å². The lowest BCUT2D eigenvalue weighted by Crippen LogP contribution is -2.33. The number of nitrogens with zero attached hydrogens (tertiary/aromatic N) is 6. The van der Waals surface area contributed by atoms with E-state index in [1.165, 1.54) is 0 Å². The van der Waals surface area contributed by atoms with Gasteiger partial charge in [0.2, 0.25) is 5.88 Å². The van der Waals surface area contributed by atoms with Crippen LogP contribution in [0.2, 0.25) is 0 Å². The molecule has 0 saturated heterocycles. The van der Waals surface area contributed by atoms with E-state index in [0.717, 1.165) is 33.6 Å². The largest absolute Gasteiger partial charge is 0.493 e. The van der Waals surface area contributed by atoms with Crippen LogP contribution in [-0.2, 0) is 19.6 Å². The van der Waals surface area contributed by atoms with Gasteiger partial charge in [0.15, 0.2) is 17.1 Å². The van der Waals surface area contributed by atoms with Crippen LogP contribution in [0.4, 0.5) is 0 Å². The third kappa shape index (κ3) is 6.51. The van der Waals surface area contributed by atoms with Crippen molar-refractivity contribution in [1.82, 2.24) is 19.5 Å². The maximum Gasteiger partial charge on any atom is 0.212 e. The monoisotopic (exact) mass is 515 g/mol. The molecule has 0 fully saturated rings. The molecule has 0 aliphatic rings. The highest BCUT2D eigenvalue weighted by Crippen LogP contribution is 2.29. The number of rotatable bonds is 11. The average molecular weight is 516 g/mol. The van der Waals surface area contributed by atoms with Crippen LogP contribution in [0.3, 0.4) is 0 Å². The van der Waals surface area contributed by atoms with Crippen LogP contribution in [-0.4, -0.2) is 46.3 Å². The fourth-order valence-corrected chi connectivity index (χ4v) is 3.88. The van der Waals surface area contributed by atoms with Gasteiger partial charge in [-0.2, -0.15) is 10.2 Å². The molecular formula is C28H33N7O3. The van der Waals surface area contributed by atoms with Crippen molar-refractivity contribution in [1.29, 1.82) is 0 Å². The molecule has 10 heteroatoms. The van der Waals surface area contributed by atoms with Gasteiger partial charge in [-0.25, -0.2) is 15.0 Å². The fourth-order valence-electron chi connectivity index (χ4n) is 3.88. The van der Waals surface area contributed by atoms with Crippen LogP contribution in [0, 0.1) is 0 Å². The Bertz CT molecular complexity index is 1440. The Hall–Kier alpha value is -4.31. The summed E-state index contributed by atoms with van der Waals surface area (Å²) in [4.78, 5) is 13.4. The van der Waals surface area contributed by atoms with Crippen LogP contribution >= 0.6 is 0 Å². The van der Waals surface area contributed by atoms with E-state index in [2.05, 4.69) is 25.2 Å². The Labute approximate surface area is 222 Å². The molecule has 0 aliphatic carbocycles. The topological polar surface area (TPSA) is 122 Å². The van der Waals surface area contributed by atoms with Crippen LogP contribution in [0.1, 0.15) is 30.5 Å². The lowest BCUT2D eigenvalue weighted by molar-refractivity contribution is 0.283. The normalized spacial score (nSPS) is 12.3. The van der Waals surface area contributed by atoms with Crippen molar-refractivity contribution in [3.8, 4) is 17.4 Å². The lowest BCUT2D eigenvalue weighted by Gasteiger charge is -2.18. The summed E-state index contributed by atoms with van der Waals surface area (Å²) in [6.07, 6.45) is 7.99. The van der Waals surface area contributed by atoms with Crippen molar-refractivity contribution in [3.63, 3.8) is 0 Å². The summed E-state index contributed by atoms with van der Waals surface area (Å²) in [5, 5.41) is 8.05. The number of ether oxygens (including phenoxy) is 3. The smallest absolute Gasteiger partial charge is 0.212 e. The first-order valence-corrected chi connectivity index (χ1v) is 12.2. The van der Waals surface area contributed by atoms with Crippen LogP contribution in [0.5, 0.6) is 17.4 Å². The summed E-state index contributed by atoms with van der Waals surface area (Å²) >= 11 is 0. The first-order valence-electron chi connectivity index (χ1n) is 12.2. The third-order valence-corrected chi connectivity index (χ3v) is 5.89. The van der Waals surface area contributed by atoms with Gasteiger partial charge >= 0.3 is 0 Å². The molecule has 0 amide bonds. The Kier molecular flexibility index (Phi) is 8.32. The maximum atomic E-state index is 6.20. The molecule has 0 bridgehead atoms. The summed E-state index contributed by atoms with van der Waals surface area (Å²) in [5.74, 6) is 1.87. The molecule has 1 aromatic carbocycles. The van der Waals surface area contributed by atoms with Crippen molar-refractivity contribution in [2.45, 2.75) is 39.0 Å². The van der Waals surface area contributed by atoms with Gasteiger partial charge in [0.1, 0.15) is 12.1 Å². The molecule has 0 aliphatic heterocycles. The molecule has 3 aromatic heterocycles. The number of hydrogen-bond acceptors (Lipinski definition) is 9. The van der Waals surface area contributed by atoms with E-state index < -0.39 is 5.54 Å². The van der Waals surface area contributed by atoms with Crippen molar-refractivity contribution in [2.24, 2.45) is 16.0 Å². The molecule has 38 heavy (non-hydrogen) atoms. The Balaban J connectivity index is 1.46. The van der Waals surface area contributed by atoms with E-state index >= 15 is 0 Å². The molecule has 0 unspecified atom stereocenters. The number of fused-ring (bicyclic) bond motifs is 1. The number of allylic oxidation sites excluding steroid dienone is 1. The zero-order valence-corrected chi connectivity index (χ0v) is 22.4. The maximum absolute atomic E-state index is 6.20. The quantitative estimate of drug-likeness (QED) is 0.287. The minimum atomic E-state index is -0.576. The number of azo groups is 1. The summed E-state index contributed by atoms with van der Waals surface area (Å²) in [5.41, 5.74) is 11.0. The van der Waals surface area contributed by atoms with Gasteiger partial charge in [-0.15, -0.1) is 0 Å². The van der Waals surface area contributed by atoms with Crippen LogP contribution < -0.4 is 19.9 Å². The van der Waals surface area contributed by atoms with Crippen molar-refractivity contribution in [3.05, 3.63) is 83.6 Å². The van der Waals surface area contributed by atoms with Gasteiger partial charge in [0.25, 0.3) is 0 Å². The second-order valence-electron chi connectivity index (χ2n) is 9.36. The van der Waals surface area contributed by atoms with Gasteiger partial charge in [-0.1, -0.05) is 12.1 Å². The number of benzene rings is 1. The van der Waals surface area contributed by atoms with Gasteiger partial charge in [0.05, 0.1) is 38.3 Å². The van der Waals surface area contributed by atoms with E-state index in [0.29, 0.717) is 37.0 Å². The van der Waals surface area contributed by atoms with Crippen molar-refractivity contribution in [2.75, 3.05) is 21.3 Å². The first kappa shape index (κ1) is 26.7. The minimum Gasteiger partial charge on any atom is -0.493 e. The van der Waals surface area contributed by atoms with E-state index in [1.807, 2.05) is 61.0 Å². The number of methoxy groups -OCH3 is 2. The Morgan fingerprint density at radius 3 is 2.45 bits per heavy atom. The predicted molar refractivity (Wildman–Crippen MR) is 146 cm³/mol. The van der Waals surface area contributed by atoms with Crippen LogP contribution in [0.25, 0.3) is 11.2 Å². The van der Waals surface area contributed by atoms with E-state index in [1.54, 1.807) is 39.9 Å². The molecule has 198 valence electrons. The van der Waals surface area contributed by atoms with Gasteiger partial charge in [-0.05, 0) is 55.7 Å². The fraction of sp³-hybridized carbons (Fsp3) is 0.321. The van der Waals surface area contributed by atoms with Crippen LogP contribution in [0.15, 0.2) is 77.1 Å². The average Bonchev–Trinajstić information content (AvgIpc) is 3.31. The number of nitrogens with two attached hydrogens (primary N) is 1. The summed E-state index contributed by atoms with van der Waals surface area (Å²) < 4.78 is 18.7. The second kappa shape index (κ2) is 11.8. The van der Waals surface area contributed by atoms with Gasteiger partial charge in [0, 0.05) is 31.1 Å². The molecule has 4 rings (SSSR count). The Morgan fingerprint density at radius 1 is 0.974 bits per heavy atom. The zero-order chi connectivity index (χ0) is 27.1. The summed E-state index contributed by atoms with van der Waals surface area (Å²) in [7, 11) is 4.85. The number of pyridine rings is 2. The van der Waals surface area contributed by atoms with Crippen molar-refractivity contribution >= 4 is 11.2 Å². The summed E-state index contributed by atoms with van der Waals surface area (Å²) in [6, 6.07) is 11.6. The molecule has 0 radical (unpaired) electrons. The van der Waals surface area contributed by atoms with E-state index in [-0.39, 0.29) is 0 Å². The lowest BCUT2D eigenvalue weighted by atomic mass is 10.0. The number of imidazole rings is 1. The van der Waals surface area contributed by atoms with Crippen molar-refractivity contribution < 1.29 is 14.2 Å². The van der Waals surface area contributed by atoms with E-state index in [9.17, 15) is 0 Å². The highest BCUT2D eigenvalue weighted by molar-refractivity contribution is 5.71.